The van der Waals surface area contributed by atoms with Crippen molar-refractivity contribution in [2.45, 2.75) is 45.8 Å². The van der Waals surface area contributed by atoms with Gasteiger partial charge in [0.25, 0.3) is 7.52 Å². The number of nitrogen functional groups attached to an aromatic ring is 1. The number of nitrogens with zero attached hydrogens (tertiary/aromatic N) is 6. The van der Waals surface area contributed by atoms with E-state index in [0.29, 0.717) is 41.7 Å². The minimum Gasteiger partial charge on any atom is -0.465 e. The lowest BCUT2D eigenvalue weighted by Gasteiger charge is -2.38. The van der Waals surface area contributed by atoms with Crippen molar-refractivity contribution in [3.63, 3.8) is 0 Å². The highest BCUT2D eigenvalue weighted by molar-refractivity contribution is 7.56. The SMILES string of the molecule is CCOC(=O)CN1CC(CCCCNc2ccnc3cc(Cl)ccc23)COP1(=O)CO[C@H](C)Cn1cnc2c(N)ncnc21. The molecule has 236 valence electrons. The number of hydrogen-bond acceptors (Lipinski definition) is 11. The molecule has 3 N–H and O–H groups in total. The smallest absolute Gasteiger partial charge is 0.320 e. The summed E-state index contributed by atoms with van der Waals surface area (Å²) in [4.78, 5) is 29.3. The second-order valence-electron chi connectivity index (χ2n) is 10.8. The average molecular weight is 645 g/mol. The molecule has 3 atom stereocenters. The van der Waals surface area contributed by atoms with Crippen molar-refractivity contribution in [2.75, 3.05) is 50.2 Å². The van der Waals surface area contributed by atoms with E-state index in [4.69, 9.17) is 31.3 Å². The van der Waals surface area contributed by atoms with Crippen LogP contribution in [-0.2, 0) is 29.9 Å². The quantitative estimate of drug-likeness (QED) is 0.108. The number of ether oxygens (including phenoxy) is 2. The third kappa shape index (κ3) is 7.83. The van der Waals surface area contributed by atoms with Gasteiger partial charge in [0.1, 0.15) is 24.7 Å². The second-order valence-corrected chi connectivity index (χ2v) is 13.6. The highest BCUT2D eigenvalue weighted by Crippen LogP contribution is 2.54. The van der Waals surface area contributed by atoms with Crippen LogP contribution in [0.2, 0.25) is 5.02 Å². The van der Waals surface area contributed by atoms with Crippen LogP contribution in [0.1, 0.15) is 33.1 Å². The minimum absolute atomic E-state index is 0.121. The number of imidazole rings is 1. The van der Waals surface area contributed by atoms with Crippen LogP contribution in [0.3, 0.4) is 0 Å². The molecule has 0 radical (unpaired) electrons. The summed E-state index contributed by atoms with van der Waals surface area (Å²) in [5.74, 6) is -0.0200. The number of rotatable bonds is 14. The number of hydrogen-bond donors (Lipinski definition) is 2. The van der Waals surface area contributed by atoms with Crippen LogP contribution < -0.4 is 11.1 Å². The zero-order valence-electron chi connectivity index (χ0n) is 24.9. The summed E-state index contributed by atoms with van der Waals surface area (Å²) in [5.41, 5.74) is 8.86. The van der Waals surface area contributed by atoms with E-state index in [0.717, 1.165) is 42.4 Å². The maximum absolute atomic E-state index is 14.0. The number of nitrogens with one attached hydrogen (secondary N) is 1. The van der Waals surface area contributed by atoms with Gasteiger partial charge in [0.15, 0.2) is 11.5 Å². The predicted molar refractivity (Wildman–Crippen MR) is 169 cm³/mol. The van der Waals surface area contributed by atoms with Crippen molar-refractivity contribution in [3.8, 4) is 0 Å². The van der Waals surface area contributed by atoms with E-state index in [1.54, 1.807) is 24.1 Å². The van der Waals surface area contributed by atoms with Gasteiger partial charge in [-0.15, -0.1) is 0 Å². The fourth-order valence-corrected chi connectivity index (χ4v) is 7.50. The molecule has 13 nitrogen and oxygen atoms in total. The van der Waals surface area contributed by atoms with E-state index < -0.39 is 13.5 Å². The Morgan fingerprint density at radius 3 is 2.95 bits per heavy atom. The summed E-state index contributed by atoms with van der Waals surface area (Å²) in [7, 11) is -3.44. The molecule has 3 aromatic heterocycles. The molecule has 2 unspecified atom stereocenters. The lowest BCUT2D eigenvalue weighted by molar-refractivity contribution is -0.143. The Morgan fingerprint density at radius 1 is 1.25 bits per heavy atom. The van der Waals surface area contributed by atoms with Gasteiger partial charge in [0.05, 0.1) is 37.7 Å². The number of esters is 1. The summed E-state index contributed by atoms with van der Waals surface area (Å²) in [6.45, 7) is 5.72. The van der Waals surface area contributed by atoms with E-state index in [1.165, 1.54) is 6.33 Å². The normalized spacial score (nSPS) is 19.8. The Labute approximate surface area is 261 Å². The van der Waals surface area contributed by atoms with E-state index >= 15 is 0 Å². The fraction of sp³-hybridized carbons (Fsp3) is 0.483. The molecule has 44 heavy (non-hydrogen) atoms. The predicted octanol–water partition coefficient (Wildman–Crippen LogP) is 4.96. The summed E-state index contributed by atoms with van der Waals surface area (Å²) < 4.78 is 34.5. The molecule has 0 amide bonds. The number of aromatic nitrogens is 5. The van der Waals surface area contributed by atoms with E-state index in [2.05, 4.69) is 25.3 Å². The number of unbranched alkanes of at least 4 members (excludes halogenated alkanes) is 1. The molecule has 4 heterocycles. The van der Waals surface area contributed by atoms with Gasteiger partial charge in [0.2, 0.25) is 0 Å². The van der Waals surface area contributed by atoms with Gasteiger partial charge in [-0.2, -0.15) is 0 Å². The summed E-state index contributed by atoms with van der Waals surface area (Å²) in [5, 5.41) is 5.18. The molecule has 4 aromatic rings. The molecule has 0 saturated carbocycles. The fourth-order valence-electron chi connectivity index (χ4n) is 5.24. The standard InChI is InChI=1S/C29H38ClN8O5P/c1-3-41-26(39)15-38-14-21(6-4-5-10-32-24-9-11-33-25-12-22(30)7-8-23(24)25)16-43-44(38,40)19-42-20(2)13-37-18-36-27-28(31)34-17-35-29(27)37/h7-9,11-12,17-18,20-21H,3-6,10,13-16,19H2,1-2H3,(H,32,33)(H2,31,34,35)/t20-,21?,44?/m1/s1. The third-order valence-electron chi connectivity index (χ3n) is 7.49. The zero-order chi connectivity index (χ0) is 31.1. The Balaban J connectivity index is 1.13. The van der Waals surface area contributed by atoms with Gasteiger partial charge in [-0.25, -0.2) is 19.6 Å². The number of fused-ring (bicyclic) bond motifs is 2. The monoisotopic (exact) mass is 644 g/mol. The van der Waals surface area contributed by atoms with Crippen LogP contribution >= 0.6 is 19.1 Å². The number of benzene rings is 1. The van der Waals surface area contributed by atoms with Crippen molar-refractivity contribution in [1.82, 2.24) is 29.2 Å². The highest BCUT2D eigenvalue weighted by atomic mass is 35.5. The molecular formula is C29H38ClN8O5P. The molecular weight excluding hydrogens is 607 g/mol. The molecule has 1 fully saturated rings. The van der Waals surface area contributed by atoms with Crippen LogP contribution in [0.5, 0.6) is 0 Å². The van der Waals surface area contributed by atoms with Crippen LogP contribution in [0.25, 0.3) is 22.1 Å². The maximum Gasteiger partial charge on any atom is 0.320 e. The largest absolute Gasteiger partial charge is 0.465 e. The number of nitrogens with two attached hydrogens (primary N) is 1. The molecule has 0 spiro atoms. The van der Waals surface area contributed by atoms with Gasteiger partial charge >= 0.3 is 5.97 Å². The Kier molecular flexibility index (Phi) is 10.7. The first-order chi connectivity index (χ1) is 21.3. The van der Waals surface area contributed by atoms with Crippen molar-refractivity contribution in [3.05, 3.63) is 48.1 Å². The van der Waals surface area contributed by atoms with Crippen LogP contribution in [-0.4, -0.2) is 80.4 Å². The van der Waals surface area contributed by atoms with Gasteiger partial charge in [-0.1, -0.05) is 18.0 Å². The molecule has 1 aliphatic rings. The number of carbonyl (C=O) groups excluding carboxylic acids is 1. The van der Waals surface area contributed by atoms with E-state index in [9.17, 15) is 9.36 Å². The molecule has 0 bridgehead atoms. The van der Waals surface area contributed by atoms with Crippen molar-refractivity contribution in [1.29, 1.82) is 0 Å². The lowest BCUT2D eigenvalue weighted by Crippen LogP contribution is -2.40. The first-order valence-corrected chi connectivity index (χ1v) is 16.9. The molecule has 0 aliphatic carbocycles. The lowest BCUT2D eigenvalue weighted by atomic mass is 10.0. The van der Waals surface area contributed by atoms with Crippen molar-refractivity contribution >= 4 is 58.7 Å². The zero-order valence-corrected chi connectivity index (χ0v) is 26.5. The summed E-state index contributed by atoms with van der Waals surface area (Å²) in [6, 6.07) is 7.64. The topological polar surface area (TPSA) is 160 Å². The van der Waals surface area contributed by atoms with E-state index in [-0.39, 0.29) is 31.5 Å². The molecule has 1 aliphatic heterocycles. The Hall–Kier alpha value is -3.35. The number of carbonyl (C=O) groups is 1. The minimum atomic E-state index is -3.44. The summed E-state index contributed by atoms with van der Waals surface area (Å²) >= 11 is 6.11. The van der Waals surface area contributed by atoms with Crippen LogP contribution in [0.15, 0.2) is 43.1 Å². The number of pyridine rings is 1. The third-order valence-corrected chi connectivity index (χ3v) is 9.92. The first-order valence-electron chi connectivity index (χ1n) is 14.7. The second kappa shape index (κ2) is 14.6. The maximum atomic E-state index is 14.0. The first kappa shape index (κ1) is 32.1. The van der Waals surface area contributed by atoms with Crippen LogP contribution in [0.4, 0.5) is 11.5 Å². The van der Waals surface area contributed by atoms with E-state index in [1.807, 2.05) is 35.8 Å². The van der Waals surface area contributed by atoms with Gasteiger partial charge in [-0.05, 0) is 56.9 Å². The van der Waals surface area contributed by atoms with Gasteiger partial charge in [-0.3, -0.25) is 14.3 Å². The van der Waals surface area contributed by atoms with Crippen LogP contribution in [0, 0.1) is 5.92 Å². The Bertz CT molecular complexity index is 1640. The van der Waals surface area contributed by atoms with Crippen molar-refractivity contribution < 1.29 is 23.4 Å². The number of halogens is 1. The molecule has 15 heteroatoms. The molecule has 1 saturated heterocycles. The average Bonchev–Trinajstić information content (AvgIpc) is 3.41. The summed E-state index contributed by atoms with van der Waals surface area (Å²) in [6.07, 6.45) is 7.01. The Morgan fingerprint density at radius 2 is 2.11 bits per heavy atom. The van der Waals surface area contributed by atoms with Gasteiger partial charge in [0, 0.05) is 35.4 Å². The highest BCUT2D eigenvalue weighted by Gasteiger charge is 2.40. The van der Waals surface area contributed by atoms with Crippen molar-refractivity contribution in [2.24, 2.45) is 5.92 Å². The number of anilines is 2. The van der Waals surface area contributed by atoms with Gasteiger partial charge < -0.3 is 29.6 Å². The molecule has 1 aromatic carbocycles. The molecule has 5 rings (SSSR count).